The molecule has 68 heavy (non-hydrogen) atoms. The molecule has 0 fully saturated rings. The zero-order valence-corrected chi connectivity index (χ0v) is 38.6. The summed E-state index contributed by atoms with van der Waals surface area (Å²) < 4.78 is 2.98. The van der Waals surface area contributed by atoms with Crippen LogP contribution in [0.1, 0.15) is 179 Å². The molecule has 3 aromatic heterocycles. The number of H-pyrrole nitrogens is 1. The van der Waals surface area contributed by atoms with E-state index in [1.165, 1.54) is 50.2 Å². The summed E-state index contributed by atoms with van der Waals surface area (Å²) in [6, 6.07) is 24.4. The van der Waals surface area contributed by atoms with Crippen molar-refractivity contribution in [3.8, 4) is 0 Å². The second kappa shape index (κ2) is 21.6. The maximum atomic E-state index is 13.0. The monoisotopic (exact) mass is 920 g/mol. The zero-order chi connectivity index (χ0) is 46.4. The van der Waals surface area contributed by atoms with Crippen molar-refractivity contribution in [3.63, 3.8) is 0 Å². The number of anilines is 3. The maximum Gasteiger partial charge on any atom is 0.310 e. The lowest BCUT2D eigenvalue weighted by Gasteiger charge is -2.24. The summed E-state index contributed by atoms with van der Waals surface area (Å²) in [4.78, 5) is 37.0. The number of carboxylic acid groups (broad SMARTS) is 1. The predicted molar refractivity (Wildman–Crippen MR) is 268 cm³/mol. The SMILES string of the molecule is C.Nc1c2c(nn1C(=O)[C@@H]1CCCc3ccccc31)CCCC2.Nc1c2c(nn1C(=O)[C@H]1CCCc3ccccc31)CCCC2.Nc1n[nH]c2c1CCCC2.O=C(O)[C@H]1CCCc2ccccc21. The highest BCUT2D eigenvalue weighted by molar-refractivity contribution is 5.89. The van der Waals surface area contributed by atoms with Crippen LogP contribution in [0, 0.1) is 0 Å². The Morgan fingerprint density at radius 2 is 0.882 bits per heavy atom. The Hall–Kier alpha value is -6.50. The van der Waals surface area contributed by atoms with E-state index < -0.39 is 5.97 Å². The van der Waals surface area contributed by atoms with Crippen LogP contribution < -0.4 is 17.2 Å². The van der Waals surface area contributed by atoms with Gasteiger partial charge < -0.3 is 22.3 Å². The molecule has 0 radical (unpaired) electrons. The van der Waals surface area contributed by atoms with Gasteiger partial charge in [0.05, 0.1) is 29.1 Å². The molecule has 0 saturated heterocycles. The molecule has 3 heterocycles. The van der Waals surface area contributed by atoms with Crippen molar-refractivity contribution in [2.75, 3.05) is 17.2 Å². The van der Waals surface area contributed by atoms with Gasteiger partial charge in [-0.25, -0.2) is 0 Å². The molecule has 0 saturated carbocycles. The van der Waals surface area contributed by atoms with Crippen LogP contribution in [0.15, 0.2) is 72.8 Å². The Bertz CT molecular complexity index is 2620. The van der Waals surface area contributed by atoms with Gasteiger partial charge in [0.25, 0.3) is 11.8 Å². The number of nitrogen functional groups attached to an aromatic ring is 3. The van der Waals surface area contributed by atoms with Crippen LogP contribution in [0.25, 0.3) is 0 Å². The summed E-state index contributed by atoms with van der Waals surface area (Å²) in [5, 5.41) is 25.0. The van der Waals surface area contributed by atoms with Gasteiger partial charge >= 0.3 is 5.97 Å². The fourth-order valence-corrected chi connectivity index (χ4v) is 11.3. The van der Waals surface area contributed by atoms with Crippen molar-refractivity contribution >= 4 is 35.2 Å². The molecule has 0 amide bonds. The van der Waals surface area contributed by atoms with E-state index in [0.717, 1.165) is 161 Å². The number of hydrogen-bond donors (Lipinski definition) is 5. The molecule has 13 heteroatoms. The van der Waals surface area contributed by atoms with E-state index >= 15 is 0 Å². The quantitative estimate of drug-likeness (QED) is 0.113. The fourth-order valence-electron chi connectivity index (χ4n) is 11.3. The molecule has 3 aromatic carbocycles. The smallest absolute Gasteiger partial charge is 0.310 e. The molecular formula is C55H69N9O4. The second-order valence-corrected chi connectivity index (χ2v) is 19.1. The number of fused-ring (bicyclic) bond motifs is 6. The number of carboxylic acids is 1. The number of rotatable bonds is 3. The Morgan fingerprint density at radius 3 is 1.31 bits per heavy atom. The second-order valence-electron chi connectivity index (χ2n) is 19.1. The summed E-state index contributed by atoms with van der Waals surface area (Å²) in [5.74, 6) is 0.762. The summed E-state index contributed by atoms with van der Waals surface area (Å²) in [6.45, 7) is 0. The van der Waals surface area contributed by atoms with Gasteiger partial charge in [-0.2, -0.15) is 24.7 Å². The molecule has 0 aliphatic heterocycles. The minimum Gasteiger partial charge on any atom is -0.481 e. The lowest BCUT2D eigenvalue weighted by molar-refractivity contribution is -0.139. The third-order valence-corrected chi connectivity index (χ3v) is 14.9. The van der Waals surface area contributed by atoms with Gasteiger partial charge in [0.2, 0.25) is 0 Å². The van der Waals surface area contributed by atoms with Crippen LogP contribution in [0.5, 0.6) is 0 Å². The Labute approximate surface area is 400 Å². The van der Waals surface area contributed by atoms with Gasteiger partial charge in [-0.1, -0.05) is 80.2 Å². The van der Waals surface area contributed by atoms with Crippen molar-refractivity contribution in [1.82, 2.24) is 29.8 Å². The first-order valence-corrected chi connectivity index (χ1v) is 24.8. The van der Waals surface area contributed by atoms with Crippen LogP contribution >= 0.6 is 0 Å². The number of nitrogens with one attached hydrogen (secondary N) is 1. The largest absolute Gasteiger partial charge is 0.481 e. The minimum atomic E-state index is -0.688. The molecule has 13 nitrogen and oxygen atoms in total. The van der Waals surface area contributed by atoms with Crippen LogP contribution in [0.3, 0.4) is 0 Å². The minimum absolute atomic E-state index is 0. The van der Waals surface area contributed by atoms with E-state index in [0.29, 0.717) is 17.5 Å². The topological polar surface area (TPSA) is 214 Å². The van der Waals surface area contributed by atoms with Gasteiger partial charge in [-0.05, 0) is 168 Å². The highest BCUT2D eigenvalue weighted by Gasteiger charge is 2.33. The van der Waals surface area contributed by atoms with E-state index in [-0.39, 0.29) is 37.0 Å². The highest BCUT2D eigenvalue weighted by atomic mass is 16.4. The summed E-state index contributed by atoms with van der Waals surface area (Å²) in [7, 11) is 0. The van der Waals surface area contributed by atoms with Gasteiger partial charge in [0, 0.05) is 22.4 Å². The first-order valence-electron chi connectivity index (χ1n) is 24.8. The van der Waals surface area contributed by atoms with Gasteiger partial charge in [-0.3, -0.25) is 19.5 Å². The van der Waals surface area contributed by atoms with Crippen molar-refractivity contribution < 1.29 is 19.5 Å². The molecule has 6 aliphatic rings. The summed E-state index contributed by atoms with van der Waals surface area (Å²) >= 11 is 0. The summed E-state index contributed by atoms with van der Waals surface area (Å²) in [5.41, 5.74) is 32.0. The molecule has 3 atom stereocenters. The highest BCUT2D eigenvalue weighted by Crippen LogP contribution is 2.37. The average molecular weight is 920 g/mol. The number of benzene rings is 3. The lowest BCUT2D eigenvalue weighted by atomic mass is 9.82. The average Bonchev–Trinajstić information content (AvgIpc) is 4.05. The number of nitrogens with two attached hydrogens (primary N) is 3. The van der Waals surface area contributed by atoms with Crippen molar-refractivity contribution in [2.24, 2.45) is 0 Å². The van der Waals surface area contributed by atoms with E-state index in [2.05, 4.69) is 44.7 Å². The molecule has 6 aromatic rings. The Balaban J connectivity index is 0.000000128. The van der Waals surface area contributed by atoms with Gasteiger partial charge in [0.1, 0.15) is 17.5 Å². The first-order chi connectivity index (χ1) is 32.7. The van der Waals surface area contributed by atoms with Crippen molar-refractivity contribution in [2.45, 2.75) is 160 Å². The summed E-state index contributed by atoms with van der Waals surface area (Å²) in [6.07, 6.45) is 21.9. The molecular weight excluding hydrogens is 851 g/mol. The number of nitrogens with zero attached hydrogens (tertiary/aromatic N) is 5. The standard InChI is InChI=1S/2C18H21N3O.C11H12O2.C7H11N3.CH4/c2*19-17-15-9-3-4-11-16(15)20-21(17)18(22)14-10-5-7-12-6-1-2-8-13(12)14;12-11(13)10-7-3-5-8-4-1-2-6-9(8)10;8-7-5-3-1-2-4-6(5)9-10-7;/h2*1-2,6,8,14H,3-5,7,9-11,19H2;1-2,4,6,10H,3,5,7H2,(H,12,13);1-4H2,(H3,8,9,10);1H4/t2*14-;10-;;/m100../s1. The Kier molecular flexibility index (Phi) is 15.3. The molecule has 6 aliphatic carbocycles. The molecule has 0 bridgehead atoms. The number of aromatic amines is 1. The van der Waals surface area contributed by atoms with Crippen LogP contribution in [0.2, 0.25) is 0 Å². The van der Waals surface area contributed by atoms with E-state index in [4.69, 9.17) is 22.3 Å². The lowest BCUT2D eigenvalue weighted by Crippen LogP contribution is -2.26. The molecule has 0 spiro atoms. The number of hydrogen-bond acceptors (Lipinski definition) is 9. The van der Waals surface area contributed by atoms with Crippen molar-refractivity contribution in [1.29, 1.82) is 0 Å². The van der Waals surface area contributed by atoms with Crippen LogP contribution in [-0.2, 0) is 62.6 Å². The number of carbonyl (C=O) groups excluding carboxylic acids is 2. The van der Waals surface area contributed by atoms with Crippen LogP contribution in [0.4, 0.5) is 17.5 Å². The first kappa shape index (κ1) is 48.0. The molecule has 12 rings (SSSR count). The fraction of sp³-hybridized carbons (Fsp3) is 0.455. The molecule has 0 unspecified atom stereocenters. The van der Waals surface area contributed by atoms with Gasteiger partial charge in [0.15, 0.2) is 0 Å². The third-order valence-electron chi connectivity index (χ3n) is 14.9. The zero-order valence-electron chi connectivity index (χ0n) is 38.6. The van der Waals surface area contributed by atoms with E-state index in [9.17, 15) is 14.4 Å². The van der Waals surface area contributed by atoms with E-state index in [1.54, 1.807) is 0 Å². The number of aryl methyl sites for hydroxylation is 6. The van der Waals surface area contributed by atoms with E-state index in [1.807, 2.05) is 48.5 Å². The Morgan fingerprint density at radius 1 is 0.500 bits per heavy atom. The van der Waals surface area contributed by atoms with Crippen molar-refractivity contribution in [3.05, 3.63) is 140 Å². The number of aromatic nitrogens is 6. The van der Waals surface area contributed by atoms with Gasteiger partial charge in [-0.15, -0.1) is 0 Å². The third kappa shape index (κ3) is 10.0. The predicted octanol–water partition coefficient (Wildman–Crippen LogP) is 9.91. The maximum absolute atomic E-state index is 13.0. The molecule has 358 valence electrons. The number of carbonyl (C=O) groups is 3. The number of aliphatic carboxylic acids is 1. The molecule has 8 N–H and O–H groups in total. The normalized spacial score (nSPS) is 19.6. The van der Waals surface area contributed by atoms with Crippen LogP contribution in [-0.4, -0.2) is 52.6 Å².